The first kappa shape index (κ1) is 18.7. The molecular weight excluding hydrogens is 362 g/mol. The summed E-state index contributed by atoms with van der Waals surface area (Å²) in [7, 11) is 0. The third-order valence-corrected chi connectivity index (χ3v) is 4.89. The van der Waals surface area contributed by atoms with Crippen LogP contribution in [0, 0.1) is 0 Å². The number of nitrogens with one attached hydrogen (secondary N) is 1. The van der Waals surface area contributed by atoms with Gasteiger partial charge >= 0.3 is 0 Å². The van der Waals surface area contributed by atoms with E-state index in [1.807, 2.05) is 66.7 Å². The number of rotatable bonds is 7. The highest BCUT2D eigenvalue weighted by Crippen LogP contribution is 2.26. The van der Waals surface area contributed by atoms with E-state index in [1.54, 1.807) is 0 Å². The Morgan fingerprint density at radius 2 is 1.62 bits per heavy atom. The maximum atomic E-state index is 12.3. The molecule has 0 spiro atoms. The highest BCUT2D eigenvalue weighted by Gasteiger charge is 2.17. The van der Waals surface area contributed by atoms with Crippen LogP contribution >= 0.6 is 0 Å². The molecule has 0 bridgehead atoms. The van der Waals surface area contributed by atoms with E-state index in [-0.39, 0.29) is 18.6 Å². The van der Waals surface area contributed by atoms with Crippen molar-refractivity contribution < 1.29 is 9.53 Å². The first-order valence-electron chi connectivity index (χ1n) is 9.67. The molecule has 1 atom stereocenters. The second kappa shape index (κ2) is 8.61. The van der Waals surface area contributed by atoms with Crippen molar-refractivity contribution in [2.75, 3.05) is 6.61 Å². The largest absolute Gasteiger partial charge is 0.484 e. The summed E-state index contributed by atoms with van der Waals surface area (Å²) in [5, 5.41) is 2.93. The Hall–Kier alpha value is -3.60. The fourth-order valence-corrected chi connectivity index (χ4v) is 3.43. The summed E-state index contributed by atoms with van der Waals surface area (Å²) in [5.41, 5.74) is 3.16. The molecule has 1 aromatic heterocycles. The van der Waals surface area contributed by atoms with Gasteiger partial charge in [-0.25, -0.2) is 4.98 Å². The molecule has 1 N–H and O–H groups in total. The maximum absolute atomic E-state index is 12.3. The topological polar surface area (TPSA) is 56.2 Å². The molecule has 0 aliphatic rings. The van der Waals surface area contributed by atoms with Gasteiger partial charge < -0.3 is 14.6 Å². The first-order valence-corrected chi connectivity index (χ1v) is 9.67. The van der Waals surface area contributed by atoms with Gasteiger partial charge in [0.2, 0.25) is 0 Å². The van der Waals surface area contributed by atoms with Gasteiger partial charge in [0, 0.05) is 0 Å². The lowest BCUT2D eigenvalue weighted by Gasteiger charge is -2.18. The van der Waals surface area contributed by atoms with Gasteiger partial charge in [0.25, 0.3) is 5.91 Å². The third-order valence-electron chi connectivity index (χ3n) is 4.89. The van der Waals surface area contributed by atoms with Crippen LogP contribution in [0.2, 0.25) is 0 Å². The number of para-hydroxylation sites is 3. The number of nitrogens with zero attached hydrogens (tertiary/aromatic N) is 2. The molecule has 0 aliphatic carbocycles. The van der Waals surface area contributed by atoms with Crippen molar-refractivity contribution >= 4 is 16.9 Å². The molecule has 0 fully saturated rings. The van der Waals surface area contributed by atoms with Gasteiger partial charge in [-0.2, -0.15) is 0 Å². The summed E-state index contributed by atoms with van der Waals surface area (Å²) in [4.78, 5) is 17.0. The van der Waals surface area contributed by atoms with E-state index in [4.69, 9.17) is 9.72 Å². The lowest BCUT2D eigenvalue weighted by atomic mass is 10.1. The van der Waals surface area contributed by atoms with Crippen molar-refractivity contribution in [1.82, 2.24) is 14.9 Å². The first-order chi connectivity index (χ1) is 14.2. The minimum Gasteiger partial charge on any atom is -0.484 e. The van der Waals surface area contributed by atoms with Gasteiger partial charge in [-0.15, -0.1) is 0 Å². The average molecular weight is 385 g/mol. The van der Waals surface area contributed by atoms with Crippen molar-refractivity contribution in [2.24, 2.45) is 0 Å². The minimum absolute atomic E-state index is 0.0293. The van der Waals surface area contributed by atoms with Crippen molar-refractivity contribution in [2.45, 2.75) is 19.5 Å². The molecule has 0 saturated heterocycles. The lowest BCUT2D eigenvalue weighted by molar-refractivity contribution is -0.123. The van der Waals surface area contributed by atoms with Gasteiger partial charge in [-0.3, -0.25) is 4.79 Å². The van der Waals surface area contributed by atoms with E-state index in [1.165, 1.54) is 5.56 Å². The van der Waals surface area contributed by atoms with Crippen molar-refractivity contribution in [3.63, 3.8) is 0 Å². The zero-order chi connectivity index (χ0) is 20.1. The van der Waals surface area contributed by atoms with E-state index < -0.39 is 0 Å². The number of amides is 1. The number of ether oxygens (including phenoxy) is 1. The van der Waals surface area contributed by atoms with Gasteiger partial charge in [0.15, 0.2) is 6.61 Å². The monoisotopic (exact) mass is 385 g/mol. The Kier molecular flexibility index (Phi) is 5.56. The van der Waals surface area contributed by atoms with Crippen LogP contribution in [-0.4, -0.2) is 22.1 Å². The van der Waals surface area contributed by atoms with Crippen LogP contribution in [0.25, 0.3) is 11.0 Å². The molecule has 5 heteroatoms. The summed E-state index contributed by atoms with van der Waals surface area (Å²) >= 11 is 0. The maximum Gasteiger partial charge on any atom is 0.258 e. The molecule has 0 saturated carbocycles. The zero-order valence-corrected chi connectivity index (χ0v) is 16.3. The normalized spacial score (nSPS) is 11.9. The molecule has 146 valence electrons. The average Bonchev–Trinajstić information content (AvgIpc) is 3.15. The van der Waals surface area contributed by atoms with Gasteiger partial charge in [-0.05, 0) is 36.8 Å². The van der Waals surface area contributed by atoms with E-state index in [0.717, 1.165) is 16.9 Å². The number of fused-ring (bicyclic) bond motifs is 1. The molecule has 0 aliphatic heterocycles. The third kappa shape index (κ3) is 4.29. The van der Waals surface area contributed by atoms with E-state index in [9.17, 15) is 4.79 Å². The lowest BCUT2D eigenvalue weighted by Crippen LogP contribution is -2.30. The molecule has 4 rings (SSSR count). The summed E-state index contributed by atoms with van der Waals surface area (Å²) in [6.07, 6.45) is 0. The van der Waals surface area contributed by atoms with Crippen LogP contribution in [0.5, 0.6) is 5.75 Å². The predicted octanol–water partition coefficient (Wildman–Crippen LogP) is 4.34. The Balaban J connectivity index is 1.52. The Morgan fingerprint density at radius 3 is 2.38 bits per heavy atom. The van der Waals surface area contributed by atoms with Crippen LogP contribution in [0.4, 0.5) is 0 Å². The number of carbonyl (C=O) groups excluding carboxylic acids is 1. The smallest absolute Gasteiger partial charge is 0.258 e. The van der Waals surface area contributed by atoms with Crippen LogP contribution in [0.1, 0.15) is 24.4 Å². The van der Waals surface area contributed by atoms with Crippen LogP contribution in [-0.2, 0) is 11.3 Å². The van der Waals surface area contributed by atoms with Crippen LogP contribution in [0.3, 0.4) is 0 Å². The van der Waals surface area contributed by atoms with Gasteiger partial charge in [0.05, 0.1) is 23.6 Å². The Bertz CT molecular complexity index is 1090. The zero-order valence-electron chi connectivity index (χ0n) is 16.3. The van der Waals surface area contributed by atoms with Gasteiger partial charge in [0.1, 0.15) is 11.6 Å². The fraction of sp³-hybridized carbons (Fsp3) is 0.167. The van der Waals surface area contributed by atoms with Crippen LogP contribution < -0.4 is 10.1 Å². The quantitative estimate of drug-likeness (QED) is 0.515. The predicted molar refractivity (Wildman–Crippen MR) is 114 cm³/mol. The summed E-state index contributed by atoms with van der Waals surface area (Å²) in [5.74, 6) is 1.31. The summed E-state index contributed by atoms with van der Waals surface area (Å²) in [6, 6.07) is 27.7. The molecule has 29 heavy (non-hydrogen) atoms. The molecule has 1 heterocycles. The highest BCUT2D eigenvalue weighted by atomic mass is 16.5. The van der Waals surface area contributed by atoms with E-state index in [2.05, 4.69) is 35.0 Å². The molecule has 1 unspecified atom stereocenters. The van der Waals surface area contributed by atoms with Crippen molar-refractivity contribution in [3.05, 3.63) is 96.3 Å². The number of carbonyl (C=O) groups is 1. The second-order valence-electron chi connectivity index (χ2n) is 6.85. The molecule has 5 nitrogen and oxygen atoms in total. The Morgan fingerprint density at radius 1 is 0.966 bits per heavy atom. The number of benzene rings is 3. The fourth-order valence-electron chi connectivity index (χ4n) is 3.43. The van der Waals surface area contributed by atoms with E-state index in [0.29, 0.717) is 12.3 Å². The van der Waals surface area contributed by atoms with Gasteiger partial charge in [-0.1, -0.05) is 60.7 Å². The SMILES string of the molecule is CC(c1ccccc1)n1c(CNC(=O)COc2ccccc2)nc2ccccc21. The van der Waals surface area contributed by atoms with Crippen LogP contribution in [0.15, 0.2) is 84.9 Å². The van der Waals surface area contributed by atoms with E-state index >= 15 is 0 Å². The summed E-state index contributed by atoms with van der Waals surface area (Å²) in [6.45, 7) is 2.45. The second-order valence-corrected chi connectivity index (χ2v) is 6.85. The Labute approximate surface area is 170 Å². The molecule has 0 radical (unpaired) electrons. The molecular formula is C24H23N3O2. The number of imidazole rings is 1. The van der Waals surface area contributed by atoms with Crippen molar-refractivity contribution in [1.29, 1.82) is 0 Å². The molecule has 3 aromatic carbocycles. The number of aromatic nitrogens is 2. The highest BCUT2D eigenvalue weighted by molar-refractivity contribution is 5.78. The van der Waals surface area contributed by atoms with Crippen molar-refractivity contribution in [3.8, 4) is 5.75 Å². The number of hydrogen-bond acceptors (Lipinski definition) is 3. The molecule has 1 amide bonds. The number of hydrogen-bond donors (Lipinski definition) is 1. The minimum atomic E-state index is -0.181. The summed E-state index contributed by atoms with van der Waals surface area (Å²) < 4.78 is 7.71. The molecule has 4 aromatic rings. The standard InChI is InChI=1S/C24H23N3O2/c1-18(19-10-4-2-5-11-19)27-22-15-9-8-14-21(22)26-23(27)16-25-24(28)17-29-20-12-6-3-7-13-20/h2-15,18H,16-17H2,1H3,(H,25,28).